The first-order valence-corrected chi connectivity index (χ1v) is 4.07. The molecular weight excluding hydrogens is 144 g/mol. The number of hydrogen-bond acceptors (Lipinski definition) is 0. The lowest BCUT2D eigenvalue weighted by atomic mass is 9.77. The van der Waals surface area contributed by atoms with Crippen LogP contribution in [0.2, 0.25) is 0 Å². The van der Waals surface area contributed by atoms with Crippen molar-refractivity contribution in [3.05, 3.63) is 5.38 Å². The van der Waals surface area contributed by atoms with Crippen molar-refractivity contribution in [3.63, 3.8) is 0 Å². The molecule has 0 unspecified atom stereocenters. The van der Waals surface area contributed by atoms with Crippen molar-refractivity contribution in [2.75, 3.05) is 0 Å². The molecule has 0 aromatic heterocycles. The van der Waals surface area contributed by atoms with Crippen LogP contribution in [-0.2, 0) is 0 Å². The van der Waals surface area contributed by atoms with Crippen molar-refractivity contribution >= 4 is 11.6 Å². The van der Waals surface area contributed by atoms with E-state index in [0.717, 1.165) is 5.38 Å². The third-order valence-electron chi connectivity index (χ3n) is 1.32. The van der Waals surface area contributed by atoms with Crippen LogP contribution in [0.25, 0.3) is 0 Å². The summed E-state index contributed by atoms with van der Waals surface area (Å²) in [7, 11) is 0. The normalized spacial score (nSPS) is 14.4. The Labute approximate surface area is 70.0 Å². The second kappa shape index (κ2) is 2.73. The average molecular weight is 162 g/mol. The van der Waals surface area contributed by atoms with Crippen molar-refractivity contribution in [3.8, 4) is 0 Å². The van der Waals surface area contributed by atoms with Crippen LogP contribution in [0.3, 0.4) is 0 Å². The van der Waals surface area contributed by atoms with Gasteiger partial charge in [-0.1, -0.05) is 41.5 Å². The summed E-state index contributed by atoms with van der Waals surface area (Å²) in [6.45, 7) is 12.8. The first-order valence-electron chi connectivity index (χ1n) is 3.69. The molecule has 61 valence electrons. The SMILES string of the molecule is CC(C)(C)[C](Cl)C(C)(C)C. The van der Waals surface area contributed by atoms with Crippen LogP contribution in [0.1, 0.15) is 41.5 Å². The monoisotopic (exact) mass is 161 g/mol. The Balaban J connectivity index is 4.23. The Morgan fingerprint density at radius 1 is 0.800 bits per heavy atom. The van der Waals surface area contributed by atoms with E-state index in [1.165, 1.54) is 0 Å². The maximum Gasteiger partial charge on any atom is 0.0744 e. The van der Waals surface area contributed by atoms with Gasteiger partial charge in [0.15, 0.2) is 0 Å². The molecule has 0 aliphatic carbocycles. The van der Waals surface area contributed by atoms with Crippen LogP contribution in [0.15, 0.2) is 0 Å². The van der Waals surface area contributed by atoms with Crippen LogP contribution in [0.5, 0.6) is 0 Å². The third kappa shape index (κ3) is 2.92. The first kappa shape index (κ1) is 10.3. The summed E-state index contributed by atoms with van der Waals surface area (Å²) in [6.07, 6.45) is 0. The summed E-state index contributed by atoms with van der Waals surface area (Å²) in [5, 5.41) is 1.04. The Bertz CT molecular complexity index is 88.9. The molecule has 0 aromatic rings. The van der Waals surface area contributed by atoms with Gasteiger partial charge in [-0.05, 0) is 10.8 Å². The van der Waals surface area contributed by atoms with Crippen LogP contribution in [-0.4, -0.2) is 0 Å². The van der Waals surface area contributed by atoms with Gasteiger partial charge in [-0.15, -0.1) is 11.6 Å². The minimum atomic E-state index is 0.125. The summed E-state index contributed by atoms with van der Waals surface area (Å²) in [5.41, 5.74) is 0.250. The Hall–Kier alpha value is 0.290. The van der Waals surface area contributed by atoms with E-state index in [4.69, 9.17) is 11.6 Å². The Morgan fingerprint density at radius 2 is 1.00 bits per heavy atom. The highest BCUT2D eigenvalue weighted by atomic mass is 35.5. The molecule has 0 heterocycles. The molecule has 0 saturated carbocycles. The maximum absolute atomic E-state index is 6.15. The third-order valence-corrected chi connectivity index (χ3v) is 2.45. The zero-order valence-corrected chi connectivity index (χ0v) is 8.63. The van der Waals surface area contributed by atoms with E-state index in [2.05, 4.69) is 41.5 Å². The molecule has 1 heteroatoms. The fraction of sp³-hybridized carbons (Fsp3) is 0.889. The minimum absolute atomic E-state index is 0.125. The van der Waals surface area contributed by atoms with Gasteiger partial charge < -0.3 is 0 Å². The number of rotatable bonds is 0. The Morgan fingerprint density at radius 3 is 1.00 bits per heavy atom. The first-order chi connectivity index (χ1) is 4.15. The molecule has 0 N–H and O–H groups in total. The van der Waals surface area contributed by atoms with Gasteiger partial charge in [-0.2, -0.15) is 0 Å². The summed E-state index contributed by atoms with van der Waals surface area (Å²) in [5.74, 6) is 0. The zero-order valence-electron chi connectivity index (χ0n) is 7.88. The number of hydrogen-bond donors (Lipinski definition) is 0. The molecule has 0 aliphatic rings. The second-order valence-electron chi connectivity index (χ2n) is 4.81. The van der Waals surface area contributed by atoms with Gasteiger partial charge in [0.25, 0.3) is 0 Å². The van der Waals surface area contributed by atoms with E-state index in [1.807, 2.05) is 0 Å². The molecule has 0 saturated heterocycles. The lowest BCUT2D eigenvalue weighted by Crippen LogP contribution is -2.25. The van der Waals surface area contributed by atoms with E-state index in [-0.39, 0.29) is 10.8 Å². The smallest absolute Gasteiger partial charge is 0.0744 e. The fourth-order valence-electron chi connectivity index (χ4n) is 1.12. The van der Waals surface area contributed by atoms with E-state index in [0.29, 0.717) is 0 Å². The van der Waals surface area contributed by atoms with Crippen molar-refractivity contribution in [2.24, 2.45) is 10.8 Å². The van der Waals surface area contributed by atoms with E-state index in [1.54, 1.807) is 0 Å². The van der Waals surface area contributed by atoms with Gasteiger partial charge in [-0.3, -0.25) is 0 Å². The molecule has 0 nitrogen and oxygen atoms in total. The average Bonchev–Trinajstić information content (AvgIpc) is 1.59. The largest absolute Gasteiger partial charge is 0.116 e. The topological polar surface area (TPSA) is 0 Å². The zero-order chi connectivity index (χ0) is 8.58. The van der Waals surface area contributed by atoms with Crippen LogP contribution < -0.4 is 0 Å². The molecule has 0 aromatic carbocycles. The lowest BCUT2D eigenvalue weighted by Gasteiger charge is -2.34. The summed E-state index contributed by atoms with van der Waals surface area (Å²) < 4.78 is 0. The van der Waals surface area contributed by atoms with Gasteiger partial charge >= 0.3 is 0 Å². The fourth-order valence-corrected chi connectivity index (χ4v) is 1.12. The second-order valence-corrected chi connectivity index (χ2v) is 5.19. The summed E-state index contributed by atoms with van der Waals surface area (Å²) >= 11 is 6.15. The summed E-state index contributed by atoms with van der Waals surface area (Å²) in [6, 6.07) is 0. The molecule has 0 amide bonds. The molecule has 1 radical (unpaired) electrons. The van der Waals surface area contributed by atoms with Crippen molar-refractivity contribution in [2.45, 2.75) is 41.5 Å². The molecule has 10 heavy (non-hydrogen) atoms. The highest BCUT2D eigenvalue weighted by Gasteiger charge is 2.33. The van der Waals surface area contributed by atoms with Gasteiger partial charge in [0.1, 0.15) is 0 Å². The molecule has 0 aliphatic heterocycles. The minimum Gasteiger partial charge on any atom is -0.116 e. The van der Waals surface area contributed by atoms with Gasteiger partial charge in [0.2, 0.25) is 0 Å². The van der Waals surface area contributed by atoms with Gasteiger partial charge in [0, 0.05) is 0 Å². The molecule has 0 atom stereocenters. The van der Waals surface area contributed by atoms with Gasteiger partial charge in [-0.25, -0.2) is 0 Å². The van der Waals surface area contributed by atoms with E-state index in [9.17, 15) is 0 Å². The van der Waals surface area contributed by atoms with E-state index < -0.39 is 0 Å². The molecule has 0 bridgehead atoms. The number of halogens is 1. The lowest BCUT2D eigenvalue weighted by molar-refractivity contribution is 0.327. The van der Waals surface area contributed by atoms with E-state index >= 15 is 0 Å². The van der Waals surface area contributed by atoms with Crippen molar-refractivity contribution in [1.82, 2.24) is 0 Å². The maximum atomic E-state index is 6.15. The van der Waals surface area contributed by atoms with Crippen molar-refractivity contribution in [1.29, 1.82) is 0 Å². The molecule has 0 rings (SSSR count). The van der Waals surface area contributed by atoms with Gasteiger partial charge in [0.05, 0.1) is 5.38 Å². The quantitative estimate of drug-likeness (QED) is 0.507. The highest BCUT2D eigenvalue weighted by molar-refractivity contribution is 6.28. The standard InChI is InChI=1S/C9H18Cl/c1-8(2,3)7(10)9(4,5)6/h1-6H3. The molecule has 0 fully saturated rings. The Kier molecular flexibility index (Phi) is 2.81. The van der Waals surface area contributed by atoms with Crippen LogP contribution >= 0.6 is 11.6 Å². The summed E-state index contributed by atoms with van der Waals surface area (Å²) in [4.78, 5) is 0. The molecular formula is C9H18Cl. The molecule has 0 spiro atoms. The highest BCUT2D eigenvalue weighted by Crippen LogP contribution is 2.44. The predicted octanol–water partition coefficient (Wildman–Crippen LogP) is 3.85. The van der Waals surface area contributed by atoms with Crippen molar-refractivity contribution < 1.29 is 0 Å². The van der Waals surface area contributed by atoms with Crippen LogP contribution in [0.4, 0.5) is 0 Å². The predicted molar refractivity (Wildman–Crippen MR) is 48.0 cm³/mol. The van der Waals surface area contributed by atoms with Crippen LogP contribution in [0, 0.1) is 16.2 Å².